The van der Waals surface area contributed by atoms with E-state index in [0.717, 1.165) is 19.3 Å². The number of hydrogen-bond donors (Lipinski definition) is 0. The molecule has 4 aliphatic carbocycles. The second kappa shape index (κ2) is 7.16. The van der Waals surface area contributed by atoms with Gasteiger partial charge in [0.15, 0.2) is 0 Å². The van der Waals surface area contributed by atoms with Gasteiger partial charge in [-0.1, -0.05) is 35.5 Å². The van der Waals surface area contributed by atoms with E-state index in [-0.39, 0.29) is 23.8 Å². The molecule has 0 saturated heterocycles. The molecule has 0 aromatic rings. The van der Waals surface area contributed by atoms with Crippen molar-refractivity contribution in [1.82, 2.24) is 0 Å². The number of rotatable bonds is 4. The van der Waals surface area contributed by atoms with E-state index in [2.05, 4.69) is 12.2 Å². The highest BCUT2D eigenvalue weighted by molar-refractivity contribution is 6.03. The Morgan fingerprint density at radius 1 is 0.828 bits per heavy atom. The lowest BCUT2D eigenvalue weighted by Crippen LogP contribution is -2.34. The Bertz CT molecular complexity index is 828. The minimum absolute atomic E-state index is 0.111. The molecule has 2 bridgehead atoms. The molecule has 29 heavy (non-hydrogen) atoms. The summed E-state index contributed by atoms with van der Waals surface area (Å²) >= 11 is 0. The quantitative estimate of drug-likeness (QED) is 0.620. The van der Waals surface area contributed by atoms with Gasteiger partial charge in [-0.05, 0) is 70.9 Å². The van der Waals surface area contributed by atoms with Gasteiger partial charge >= 0.3 is 11.9 Å². The smallest absolute Gasteiger partial charge is 0.335 e. The van der Waals surface area contributed by atoms with Crippen LogP contribution in [-0.2, 0) is 19.1 Å². The molecule has 0 spiro atoms. The first-order valence-electron chi connectivity index (χ1n) is 10.6. The molecule has 0 radical (unpaired) electrons. The van der Waals surface area contributed by atoms with Gasteiger partial charge in [-0.15, -0.1) is 0 Å². The Kier molecular flexibility index (Phi) is 4.92. The van der Waals surface area contributed by atoms with Gasteiger partial charge < -0.3 is 9.47 Å². The fourth-order valence-corrected chi connectivity index (χ4v) is 4.80. The van der Waals surface area contributed by atoms with E-state index in [1.807, 2.05) is 52.0 Å². The van der Waals surface area contributed by atoms with Gasteiger partial charge in [-0.2, -0.15) is 0 Å². The number of carbonyl (C=O) groups is 2. The molecule has 1 fully saturated rings. The maximum Gasteiger partial charge on any atom is 0.335 e. The van der Waals surface area contributed by atoms with E-state index < -0.39 is 11.2 Å². The standard InChI is InChI=1S/C25H30O4/c1-16-7-11-24(3,12-8-16)28-22(26)20-18-5-6-19(15-18)21(20)23(27)29-25(4)13-9-17(2)10-14-25/h7-11,13,18-19H,5-6,12,14-15H2,1-4H3. The largest absolute Gasteiger partial charge is 0.451 e. The highest BCUT2D eigenvalue weighted by atomic mass is 16.6. The van der Waals surface area contributed by atoms with Crippen LogP contribution >= 0.6 is 0 Å². The van der Waals surface area contributed by atoms with Crippen molar-refractivity contribution in [3.8, 4) is 0 Å². The summed E-state index contributed by atoms with van der Waals surface area (Å²) in [4.78, 5) is 26.3. The maximum atomic E-state index is 13.2. The Labute approximate surface area is 173 Å². The molecule has 0 aromatic carbocycles. The summed E-state index contributed by atoms with van der Waals surface area (Å²) in [5.41, 5.74) is 2.12. The number of ether oxygens (including phenoxy) is 2. The van der Waals surface area contributed by atoms with E-state index in [4.69, 9.17) is 9.47 Å². The fourth-order valence-electron chi connectivity index (χ4n) is 4.80. The van der Waals surface area contributed by atoms with Gasteiger partial charge in [0, 0.05) is 12.8 Å². The van der Waals surface area contributed by atoms with Crippen LogP contribution in [0, 0.1) is 11.8 Å². The predicted molar refractivity (Wildman–Crippen MR) is 112 cm³/mol. The second-order valence-electron chi connectivity index (χ2n) is 9.41. The lowest BCUT2D eigenvalue weighted by atomic mass is 9.90. The highest BCUT2D eigenvalue weighted by Crippen LogP contribution is 2.50. The Hall–Kier alpha value is -2.36. The van der Waals surface area contributed by atoms with Crippen molar-refractivity contribution in [3.63, 3.8) is 0 Å². The number of carbonyl (C=O) groups excluding carboxylic acids is 2. The predicted octanol–water partition coefficient (Wildman–Crippen LogP) is 5.13. The van der Waals surface area contributed by atoms with Crippen molar-refractivity contribution in [3.05, 3.63) is 58.7 Å². The zero-order valence-corrected chi connectivity index (χ0v) is 17.8. The van der Waals surface area contributed by atoms with Crippen LogP contribution in [0.4, 0.5) is 0 Å². The minimum Gasteiger partial charge on any atom is -0.451 e. The van der Waals surface area contributed by atoms with Gasteiger partial charge in [-0.3, -0.25) is 0 Å². The molecule has 4 unspecified atom stereocenters. The van der Waals surface area contributed by atoms with Crippen LogP contribution in [0.15, 0.2) is 58.7 Å². The van der Waals surface area contributed by atoms with E-state index in [1.165, 1.54) is 11.1 Å². The van der Waals surface area contributed by atoms with Crippen molar-refractivity contribution in [2.24, 2.45) is 11.8 Å². The summed E-state index contributed by atoms with van der Waals surface area (Å²) in [5.74, 6) is -0.491. The molecule has 0 aromatic heterocycles. The first-order chi connectivity index (χ1) is 13.7. The molecule has 4 atom stereocenters. The van der Waals surface area contributed by atoms with Crippen LogP contribution in [-0.4, -0.2) is 23.1 Å². The Balaban J connectivity index is 1.55. The van der Waals surface area contributed by atoms with Crippen molar-refractivity contribution in [1.29, 1.82) is 0 Å². The van der Waals surface area contributed by atoms with Crippen molar-refractivity contribution < 1.29 is 19.1 Å². The Morgan fingerprint density at radius 2 is 1.24 bits per heavy atom. The molecule has 0 N–H and O–H groups in total. The number of hydrogen-bond acceptors (Lipinski definition) is 4. The van der Waals surface area contributed by atoms with Gasteiger partial charge in [0.25, 0.3) is 0 Å². The van der Waals surface area contributed by atoms with Gasteiger partial charge in [-0.25, -0.2) is 9.59 Å². The number of fused-ring (bicyclic) bond motifs is 2. The fraction of sp³-hybridized carbons (Fsp3) is 0.520. The molecule has 0 heterocycles. The molecule has 0 amide bonds. The molecule has 0 aliphatic heterocycles. The summed E-state index contributed by atoms with van der Waals surface area (Å²) in [6.45, 7) is 7.89. The maximum absolute atomic E-state index is 13.2. The first kappa shape index (κ1) is 19.9. The Morgan fingerprint density at radius 3 is 1.59 bits per heavy atom. The van der Waals surface area contributed by atoms with E-state index in [0.29, 0.717) is 24.0 Å². The topological polar surface area (TPSA) is 52.6 Å². The third kappa shape index (κ3) is 3.90. The van der Waals surface area contributed by atoms with Crippen molar-refractivity contribution in [2.75, 3.05) is 0 Å². The summed E-state index contributed by atoms with van der Waals surface area (Å²) in [6, 6.07) is 0. The average Bonchev–Trinajstić information content (AvgIpc) is 3.28. The molecular weight excluding hydrogens is 364 g/mol. The lowest BCUT2D eigenvalue weighted by Gasteiger charge is -2.31. The molecule has 4 nitrogen and oxygen atoms in total. The summed E-state index contributed by atoms with van der Waals surface area (Å²) in [5, 5.41) is 0. The first-order valence-corrected chi connectivity index (χ1v) is 10.6. The van der Waals surface area contributed by atoms with Gasteiger partial charge in [0.1, 0.15) is 11.2 Å². The lowest BCUT2D eigenvalue weighted by molar-refractivity contribution is -0.153. The summed E-state index contributed by atoms with van der Waals surface area (Å²) < 4.78 is 11.8. The highest BCUT2D eigenvalue weighted by Gasteiger charge is 2.48. The molecule has 154 valence electrons. The van der Waals surface area contributed by atoms with Crippen LogP contribution in [0.2, 0.25) is 0 Å². The molecule has 4 aliphatic rings. The minimum atomic E-state index is -0.666. The summed E-state index contributed by atoms with van der Waals surface area (Å²) in [6.07, 6.45) is 16.0. The number of esters is 2. The monoisotopic (exact) mass is 394 g/mol. The molecule has 4 heteroatoms. The van der Waals surface area contributed by atoms with Crippen LogP contribution in [0.5, 0.6) is 0 Å². The van der Waals surface area contributed by atoms with Crippen LogP contribution < -0.4 is 0 Å². The number of allylic oxidation sites excluding steroid dienone is 4. The third-order valence-electron chi connectivity index (χ3n) is 6.69. The second-order valence-corrected chi connectivity index (χ2v) is 9.41. The van der Waals surface area contributed by atoms with E-state index in [1.54, 1.807) is 0 Å². The third-order valence-corrected chi connectivity index (χ3v) is 6.69. The zero-order chi connectivity index (χ0) is 20.8. The summed E-state index contributed by atoms with van der Waals surface area (Å²) in [7, 11) is 0. The van der Waals surface area contributed by atoms with E-state index in [9.17, 15) is 9.59 Å². The van der Waals surface area contributed by atoms with E-state index >= 15 is 0 Å². The van der Waals surface area contributed by atoms with Crippen LogP contribution in [0.1, 0.15) is 59.8 Å². The normalized spacial score (nSPS) is 35.4. The SMILES string of the molecule is CC1=CCC(C)(OC(=O)C2=C(C(=O)OC3(C)C=CC(C)=CC3)C3CCC2C3)C=C1. The van der Waals surface area contributed by atoms with Crippen LogP contribution in [0.25, 0.3) is 0 Å². The zero-order valence-electron chi connectivity index (χ0n) is 17.8. The van der Waals surface area contributed by atoms with Crippen molar-refractivity contribution >= 4 is 11.9 Å². The molecular formula is C25H30O4. The van der Waals surface area contributed by atoms with Crippen LogP contribution in [0.3, 0.4) is 0 Å². The van der Waals surface area contributed by atoms with Gasteiger partial charge in [0.05, 0.1) is 11.1 Å². The average molecular weight is 395 g/mol. The molecule has 4 rings (SSSR count). The molecule has 1 saturated carbocycles. The van der Waals surface area contributed by atoms with Crippen molar-refractivity contribution in [2.45, 2.75) is 71.0 Å². The van der Waals surface area contributed by atoms with Gasteiger partial charge in [0.2, 0.25) is 0 Å².